The monoisotopic (exact) mass is 257 g/mol. The third-order valence-electron chi connectivity index (χ3n) is 3.82. The fraction of sp³-hybridized carbons (Fsp3) is 0.467. The molecule has 1 heterocycles. The molecule has 1 amide bonds. The van der Waals surface area contributed by atoms with Crippen LogP contribution < -0.4 is 10.6 Å². The van der Waals surface area contributed by atoms with Gasteiger partial charge in [-0.05, 0) is 23.1 Å². The first kappa shape index (κ1) is 13.6. The molecule has 2 atom stereocenters. The van der Waals surface area contributed by atoms with Gasteiger partial charge >= 0.3 is 0 Å². The van der Waals surface area contributed by atoms with Crippen molar-refractivity contribution in [2.75, 3.05) is 11.9 Å². The molecular weight excluding hydrogens is 238 g/mol. The molecule has 0 fully saturated rings. The number of anilines is 1. The van der Waals surface area contributed by atoms with Gasteiger partial charge < -0.3 is 10.6 Å². The van der Waals surface area contributed by atoms with Crippen LogP contribution in [0.4, 0.5) is 5.69 Å². The van der Waals surface area contributed by atoms with Crippen molar-refractivity contribution in [2.45, 2.75) is 26.3 Å². The second kappa shape index (κ2) is 5.02. The summed E-state index contributed by atoms with van der Waals surface area (Å²) < 4.78 is 0. The first-order chi connectivity index (χ1) is 8.95. The molecule has 0 saturated carbocycles. The molecule has 0 aromatic heterocycles. The Labute approximate surface area is 113 Å². The Hall–Kier alpha value is -1.86. The number of nitrogens with two attached hydrogens (primary N) is 1. The average Bonchev–Trinajstić information content (AvgIpc) is 2.65. The van der Waals surface area contributed by atoms with Crippen molar-refractivity contribution in [3.8, 4) is 6.07 Å². The van der Waals surface area contributed by atoms with Crippen molar-refractivity contribution >= 4 is 11.6 Å². The highest BCUT2D eigenvalue weighted by Gasteiger charge is 2.27. The van der Waals surface area contributed by atoms with Gasteiger partial charge in [-0.1, -0.05) is 26.0 Å². The number of hydrogen-bond acceptors (Lipinski definition) is 3. The van der Waals surface area contributed by atoms with Crippen LogP contribution in [-0.2, 0) is 11.2 Å². The molecule has 1 aliphatic rings. The number of nitriles is 1. The van der Waals surface area contributed by atoms with E-state index in [1.54, 1.807) is 11.9 Å². The number of rotatable bonds is 3. The number of carbonyl (C=O) groups is 1. The van der Waals surface area contributed by atoms with Crippen molar-refractivity contribution in [1.82, 2.24) is 0 Å². The zero-order valence-electron chi connectivity index (χ0n) is 11.6. The molecule has 0 aliphatic carbocycles. The summed E-state index contributed by atoms with van der Waals surface area (Å²) in [5.41, 5.74) is 9.07. The molecular formula is C15H19N3O. The van der Waals surface area contributed by atoms with Gasteiger partial charge in [-0.2, -0.15) is 5.26 Å². The summed E-state index contributed by atoms with van der Waals surface area (Å²) in [6, 6.07) is 7.78. The number of carbonyl (C=O) groups excluding carboxylic acids is 1. The topological polar surface area (TPSA) is 70.1 Å². The van der Waals surface area contributed by atoms with Gasteiger partial charge in [0, 0.05) is 18.8 Å². The molecule has 1 aromatic rings. The largest absolute Gasteiger partial charge is 0.323 e. The second-order valence-electron chi connectivity index (χ2n) is 5.44. The lowest BCUT2D eigenvalue weighted by atomic mass is 9.85. The van der Waals surface area contributed by atoms with Crippen LogP contribution in [0.2, 0.25) is 0 Å². The van der Waals surface area contributed by atoms with Gasteiger partial charge in [0.1, 0.15) is 0 Å². The maximum absolute atomic E-state index is 11.7. The van der Waals surface area contributed by atoms with E-state index in [1.165, 1.54) is 0 Å². The first-order valence-corrected chi connectivity index (χ1v) is 6.50. The highest BCUT2D eigenvalue weighted by Crippen LogP contribution is 2.32. The normalized spacial score (nSPS) is 17.3. The number of likely N-dealkylation sites (N-methyl/N-ethyl adjacent to an activating group) is 1. The summed E-state index contributed by atoms with van der Waals surface area (Å²) in [5, 5.41) is 9.21. The second-order valence-corrected chi connectivity index (χ2v) is 5.44. The standard InChI is InChI=1S/C15H19N3O/c1-9(2)12(8-16)15(17)10-4-5-13-11(6-10)7-14(19)18(13)3/h4-6,9,12,15H,7,17H2,1-3H3. The highest BCUT2D eigenvalue weighted by molar-refractivity contribution is 6.00. The van der Waals surface area contributed by atoms with Crippen LogP contribution in [0.1, 0.15) is 31.0 Å². The van der Waals surface area contributed by atoms with E-state index >= 15 is 0 Å². The van der Waals surface area contributed by atoms with E-state index in [9.17, 15) is 10.1 Å². The van der Waals surface area contributed by atoms with Gasteiger partial charge in [0.05, 0.1) is 18.4 Å². The minimum atomic E-state index is -0.309. The van der Waals surface area contributed by atoms with E-state index in [1.807, 2.05) is 32.0 Å². The van der Waals surface area contributed by atoms with Gasteiger partial charge in [-0.3, -0.25) is 4.79 Å². The smallest absolute Gasteiger partial charge is 0.231 e. The maximum atomic E-state index is 11.7. The molecule has 0 bridgehead atoms. The van der Waals surface area contributed by atoms with Crippen molar-refractivity contribution < 1.29 is 4.79 Å². The lowest BCUT2D eigenvalue weighted by Gasteiger charge is -2.22. The Balaban J connectivity index is 2.32. The zero-order chi connectivity index (χ0) is 14.2. The maximum Gasteiger partial charge on any atom is 0.231 e. The number of amides is 1. The van der Waals surface area contributed by atoms with Crippen molar-refractivity contribution in [3.63, 3.8) is 0 Å². The number of hydrogen-bond donors (Lipinski definition) is 1. The average molecular weight is 257 g/mol. The lowest BCUT2D eigenvalue weighted by Crippen LogP contribution is -2.24. The molecule has 0 saturated heterocycles. The lowest BCUT2D eigenvalue weighted by molar-refractivity contribution is -0.117. The molecule has 1 aliphatic heterocycles. The molecule has 1 aromatic carbocycles. The van der Waals surface area contributed by atoms with Crippen LogP contribution >= 0.6 is 0 Å². The zero-order valence-corrected chi connectivity index (χ0v) is 11.6. The number of nitrogens with zero attached hydrogens (tertiary/aromatic N) is 2. The summed E-state index contributed by atoms with van der Waals surface area (Å²) in [5.74, 6) is 0.0897. The Morgan fingerprint density at radius 2 is 2.11 bits per heavy atom. The van der Waals surface area contributed by atoms with E-state index in [2.05, 4.69) is 6.07 Å². The molecule has 4 nitrogen and oxygen atoms in total. The van der Waals surface area contributed by atoms with Crippen LogP contribution in [0.15, 0.2) is 18.2 Å². The fourth-order valence-corrected chi connectivity index (χ4v) is 2.55. The molecule has 100 valence electrons. The Morgan fingerprint density at radius 1 is 1.42 bits per heavy atom. The summed E-state index contributed by atoms with van der Waals surface area (Å²) >= 11 is 0. The minimum absolute atomic E-state index is 0.0985. The Morgan fingerprint density at radius 3 is 2.68 bits per heavy atom. The Bertz CT molecular complexity index is 545. The van der Waals surface area contributed by atoms with Gasteiger partial charge in [0.15, 0.2) is 0 Å². The van der Waals surface area contributed by atoms with Crippen LogP contribution in [0.25, 0.3) is 0 Å². The van der Waals surface area contributed by atoms with Crippen LogP contribution in [0, 0.1) is 23.2 Å². The van der Waals surface area contributed by atoms with Crippen molar-refractivity contribution in [3.05, 3.63) is 29.3 Å². The molecule has 2 unspecified atom stereocenters. The van der Waals surface area contributed by atoms with E-state index in [0.29, 0.717) is 6.42 Å². The van der Waals surface area contributed by atoms with Crippen molar-refractivity contribution in [2.24, 2.45) is 17.6 Å². The third kappa shape index (κ3) is 2.34. The quantitative estimate of drug-likeness (QED) is 0.900. The molecule has 0 radical (unpaired) electrons. The molecule has 2 N–H and O–H groups in total. The summed E-state index contributed by atoms with van der Waals surface area (Å²) in [7, 11) is 1.78. The van der Waals surface area contributed by atoms with Gasteiger partial charge in [-0.25, -0.2) is 0 Å². The molecule has 2 rings (SSSR count). The molecule has 19 heavy (non-hydrogen) atoms. The van der Waals surface area contributed by atoms with Crippen LogP contribution in [0.3, 0.4) is 0 Å². The van der Waals surface area contributed by atoms with Gasteiger partial charge in [0.2, 0.25) is 5.91 Å². The minimum Gasteiger partial charge on any atom is -0.323 e. The first-order valence-electron chi connectivity index (χ1n) is 6.50. The third-order valence-corrected chi connectivity index (χ3v) is 3.82. The number of benzene rings is 1. The van der Waals surface area contributed by atoms with Crippen LogP contribution in [0.5, 0.6) is 0 Å². The summed E-state index contributed by atoms with van der Waals surface area (Å²) in [4.78, 5) is 13.3. The van der Waals surface area contributed by atoms with Gasteiger partial charge in [0.25, 0.3) is 0 Å². The summed E-state index contributed by atoms with van der Waals surface area (Å²) in [6.07, 6.45) is 0.422. The SMILES string of the molecule is CC(C)C(C#N)C(N)c1ccc2c(c1)CC(=O)N2C. The predicted octanol–water partition coefficient (Wildman–Crippen LogP) is 2.00. The van der Waals surface area contributed by atoms with Crippen molar-refractivity contribution in [1.29, 1.82) is 5.26 Å². The van der Waals surface area contributed by atoms with Crippen LogP contribution in [-0.4, -0.2) is 13.0 Å². The summed E-state index contributed by atoms with van der Waals surface area (Å²) in [6.45, 7) is 4.00. The predicted molar refractivity (Wildman–Crippen MR) is 74.4 cm³/mol. The van der Waals surface area contributed by atoms with Gasteiger partial charge in [-0.15, -0.1) is 0 Å². The molecule has 0 spiro atoms. The van der Waals surface area contributed by atoms with E-state index in [0.717, 1.165) is 16.8 Å². The molecule has 4 heteroatoms. The Kier molecular flexibility index (Phi) is 3.59. The number of fused-ring (bicyclic) bond motifs is 1. The van der Waals surface area contributed by atoms with E-state index in [-0.39, 0.29) is 23.8 Å². The fourth-order valence-electron chi connectivity index (χ4n) is 2.55. The van der Waals surface area contributed by atoms with E-state index in [4.69, 9.17) is 5.73 Å². The van der Waals surface area contributed by atoms with E-state index < -0.39 is 0 Å². The highest BCUT2D eigenvalue weighted by atomic mass is 16.2.